The third-order valence-corrected chi connectivity index (χ3v) is 2.53. The van der Waals surface area contributed by atoms with Gasteiger partial charge in [-0.1, -0.05) is 0 Å². The van der Waals surface area contributed by atoms with Crippen LogP contribution in [0.5, 0.6) is 0 Å². The van der Waals surface area contributed by atoms with Crippen LogP contribution in [0.4, 0.5) is 0 Å². The van der Waals surface area contributed by atoms with Gasteiger partial charge in [-0.2, -0.15) is 0 Å². The molecule has 1 saturated carbocycles. The zero-order valence-electron chi connectivity index (χ0n) is 8.97. The van der Waals surface area contributed by atoms with Crippen LogP contribution in [0.2, 0.25) is 0 Å². The number of hydrogen-bond acceptors (Lipinski definition) is 3. The fraction of sp³-hybridized carbons (Fsp3) is 0.900. The fourth-order valence-electron chi connectivity index (χ4n) is 1.38. The van der Waals surface area contributed by atoms with Crippen LogP contribution in [0.3, 0.4) is 0 Å². The number of amides is 1. The molecule has 0 aliphatic heterocycles. The van der Waals surface area contributed by atoms with E-state index < -0.39 is 0 Å². The van der Waals surface area contributed by atoms with E-state index in [9.17, 15) is 4.79 Å². The molecule has 82 valence electrons. The molecule has 0 radical (unpaired) electrons. The molecule has 14 heavy (non-hydrogen) atoms. The number of nitrogens with one attached hydrogen (secondary N) is 2. The van der Waals surface area contributed by atoms with Crippen LogP contribution >= 0.6 is 0 Å². The average molecular weight is 200 g/mol. The van der Waals surface area contributed by atoms with Gasteiger partial charge in [-0.25, -0.2) is 0 Å². The smallest absolute Gasteiger partial charge is 0.234 e. The van der Waals surface area contributed by atoms with E-state index in [-0.39, 0.29) is 24.0 Å². The summed E-state index contributed by atoms with van der Waals surface area (Å²) in [4.78, 5) is 11.2. The molecule has 0 unspecified atom stereocenters. The van der Waals surface area contributed by atoms with Crippen LogP contribution in [-0.2, 0) is 4.79 Å². The largest absolute Gasteiger partial charge is 0.396 e. The lowest BCUT2D eigenvalue weighted by molar-refractivity contribution is -0.120. The number of aliphatic hydroxyl groups is 1. The molecule has 1 aliphatic rings. The molecule has 1 aliphatic carbocycles. The number of carbonyl (C=O) groups excluding carboxylic acids is 1. The maximum Gasteiger partial charge on any atom is 0.234 e. The Bertz CT molecular complexity index is 200. The third-order valence-electron chi connectivity index (χ3n) is 2.53. The number of rotatable bonds is 6. The predicted octanol–water partition coefficient (Wildman–Crippen LogP) is -0.127. The molecule has 0 bridgehead atoms. The van der Waals surface area contributed by atoms with Gasteiger partial charge in [-0.15, -0.1) is 0 Å². The van der Waals surface area contributed by atoms with E-state index >= 15 is 0 Å². The molecular formula is C10H20N2O2. The van der Waals surface area contributed by atoms with Crippen molar-refractivity contribution in [2.24, 2.45) is 5.41 Å². The monoisotopic (exact) mass is 200 g/mol. The van der Waals surface area contributed by atoms with Crippen molar-refractivity contribution in [2.45, 2.75) is 32.7 Å². The van der Waals surface area contributed by atoms with E-state index in [0.717, 1.165) is 19.4 Å². The van der Waals surface area contributed by atoms with Crippen molar-refractivity contribution in [2.75, 3.05) is 19.7 Å². The Hall–Kier alpha value is -0.610. The Morgan fingerprint density at radius 2 is 2.14 bits per heavy atom. The Balaban J connectivity index is 2.06. The molecule has 0 heterocycles. The van der Waals surface area contributed by atoms with Crippen molar-refractivity contribution in [1.29, 1.82) is 0 Å². The summed E-state index contributed by atoms with van der Waals surface area (Å²) in [7, 11) is 0. The second-order valence-corrected chi connectivity index (χ2v) is 4.48. The summed E-state index contributed by atoms with van der Waals surface area (Å²) in [5.74, 6) is 0.0220. The minimum Gasteiger partial charge on any atom is -0.396 e. The first-order chi connectivity index (χ1) is 6.58. The summed E-state index contributed by atoms with van der Waals surface area (Å²) in [5, 5.41) is 14.9. The minimum absolute atomic E-state index is 0.0220. The van der Waals surface area contributed by atoms with E-state index in [2.05, 4.69) is 10.6 Å². The van der Waals surface area contributed by atoms with Crippen LogP contribution in [0.1, 0.15) is 26.7 Å². The molecular weight excluding hydrogens is 180 g/mol. The van der Waals surface area contributed by atoms with Gasteiger partial charge in [0.2, 0.25) is 5.91 Å². The first-order valence-corrected chi connectivity index (χ1v) is 5.19. The van der Waals surface area contributed by atoms with Gasteiger partial charge < -0.3 is 15.7 Å². The van der Waals surface area contributed by atoms with Gasteiger partial charge in [-0.3, -0.25) is 4.79 Å². The highest BCUT2D eigenvalue weighted by Gasteiger charge is 2.41. The van der Waals surface area contributed by atoms with Crippen molar-refractivity contribution in [3.05, 3.63) is 0 Å². The van der Waals surface area contributed by atoms with Crippen LogP contribution in [0, 0.1) is 5.41 Å². The highest BCUT2D eigenvalue weighted by Crippen LogP contribution is 2.44. The maximum absolute atomic E-state index is 11.2. The highest BCUT2D eigenvalue weighted by atomic mass is 16.3. The lowest BCUT2D eigenvalue weighted by Crippen LogP contribution is -2.39. The quantitative estimate of drug-likeness (QED) is 0.560. The zero-order valence-corrected chi connectivity index (χ0v) is 8.97. The van der Waals surface area contributed by atoms with E-state index in [1.165, 1.54) is 0 Å². The lowest BCUT2D eigenvalue weighted by Gasteiger charge is -2.13. The fourth-order valence-corrected chi connectivity index (χ4v) is 1.38. The summed E-state index contributed by atoms with van der Waals surface area (Å²) < 4.78 is 0. The van der Waals surface area contributed by atoms with Crippen molar-refractivity contribution in [1.82, 2.24) is 10.6 Å². The molecule has 0 spiro atoms. The van der Waals surface area contributed by atoms with Gasteiger partial charge in [-0.05, 0) is 26.7 Å². The van der Waals surface area contributed by atoms with E-state index in [1.807, 2.05) is 13.8 Å². The number of aliphatic hydroxyl groups excluding tert-OH is 1. The molecule has 4 heteroatoms. The SMILES string of the molecule is CC(C)NC(=O)CNCC1(CO)CC1. The topological polar surface area (TPSA) is 61.4 Å². The van der Waals surface area contributed by atoms with Crippen molar-refractivity contribution in [3.8, 4) is 0 Å². The summed E-state index contributed by atoms with van der Waals surface area (Å²) in [6.45, 7) is 5.20. The molecule has 4 nitrogen and oxygen atoms in total. The second kappa shape index (κ2) is 4.75. The van der Waals surface area contributed by atoms with Crippen LogP contribution < -0.4 is 10.6 Å². The Labute approximate surface area is 85.1 Å². The molecule has 1 rings (SSSR count). The van der Waals surface area contributed by atoms with Gasteiger partial charge in [0, 0.05) is 24.6 Å². The average Bonchev–Trinajstić information content (AvgIpc) is 2.84. The molecule has 0 atom stereocenters. The van der Waals surface area contributed by atoms with Gasteiger partial charge in [0.25, 0.3) is 0 Å². The molecule has 1 amide bonds. The van der Waals surface area contributed by atoms with Crippen molar-refractivity contribution < 1.29 is 9.90 Å². The molecule has 0 saturated heterocycles. The molecule has 3 N–H and O–H groups in total. The molecule has 0 aromatic rings. The van der Waals surface area contributed by atoms with Gasteiger partial charge in [0.1, 0.15) is 0 Å². The maximum atomic E-state index is 11.2. The van der Waals surface area contributed by atoms with Crippen molar-refractivity contribution >= 4 is 5.91 Å². The summed E-state index contributed by atoms with van der Waals surface area (Å²) in [6.07, 6.45) is 2.14. The molecule has 1 fully saturated rings. The summed E-state index contributed by atoms with van der Waals surface area (Å²) in [6, 6.07) is 0.192. The van der Waals surface area contributed by atoms with Crippen molar-refractivity contribution in [3.63, 3.8) is 0 Å². The van der Waals surface area contributed by atoms with Gasteiger partial charge in [0.05, 0.1) is 6.54 Å². The summed E-state index contributed by atoms with van der Waals surface area (Å²) in [5.41, 5.74) is 0.0815. The number of hydrogen-bond donors (Lipinski definition) is 3. The van der Waals surface area contributed by atoms with Crippen LogP contribution in [0.15, 0.2) is 0 Å². The van der Waals surface area contributed by atoms with Crippen LogP contribution in [-0.4, -0.2) is 36.8 Å². The van der Waals surface area contributed by atoms with E-state index in [4.69, 9.17) is 5.11 Å². The van der Waals surface area contributed by atoms with Crippen LogP contribution in [0.25, 0.3) is 0 Å². The highest BCUT2D eigenvalue weighted by molar-refractivity contribution is 5.78. The Morgan fingerprint density at radius 3 is 2.57 bits per heavy atom. The number of carbonyl (C=O) groups is 1. The zero-order chi connectivity index (χ0) is 10.6. The Kier molecular flexibility index (Phi) is 3.89. The lowest BCUT2D eigenvalue weighted by atomic mass is 10.1. The minimum atomic E-state index is 0.0220. The van der Waals surface area contributed by atoms with Gasteiger partial charge in [0.15, 0.2) is 0 Å². The molecule has 0 aromatic carbocycles. The van der Waals surface area contributed by atoms with E-state index in [1.54, 1.807) is 0 Å². The standard InChI is InChI=1S/C10H20N2O2/c1-8(2)12-9(14)5-11-6-10(7-13)3-4-10/h8,11,13H,3-7H2,1-2H3,(H,12,14). The first-order valence-electron chi connectivity index (χ1n) is 5.19. The Morgan fingerprint density at radius 1 is 1.50 bits per heavy atom. The summed E-state index contributed by atoms with van der Waals surface area (Å²) >= 11 is 0. The predicted molar refractivity (Wildman–Crippen MR) is 54.9 cm³/mol. The molecule has 0 aromatic heterocycles. The van der Waals surface area contributed by atoms with Gasteiger partial charge >= 0.3 is 0 Å². The second-order valence-electron chi connectivity index (χ2n) is 4.48. The normalized spacial score (nSPS) is 18.3. The third kappa shape index (κ3) is 3.64. The van der Waals surface area contributed by atoms with E-state index in [0.29, 0.717) is 6.54 Å². The first kappa shape index (κ1) is 11.5.